The van der Waals surface area contributed by atoms with Crippen molar-refractivity contribution >= 4 is 51.6 Å². The van der Waals surface area contributed by atoms with Gasteiger partial charge in [-0.15, -0.1) is 4.91 Å². The lowest BCUT2D eigenvalue weighted by molar-refractivity contribution is -0.126. The Morgan fingerprint density at radius 1 is 1.17 bits per heavy atom. The molecule has 9 heteroatoms. The van der Waals surface area contributed by atoms with Gasteiger partial charge in [-0.2, -0.15) is 5.01 Å². The topological polar surface area (TPSA) is 94.1 Å². The van der Waals surface area contributed by atoms with E-state index in [4.69, 9.17) is 0 Å². The van der Waals surface area contributed by atoms with E-state index in [1.165, 1.54) is 0 Å². The minimum Gasteiger partial charge on any atom is -0.371 e. The van der Waals surface area contributed by atoms with Crippen molar-refractivity contribution in [3.8, 4) is 0 Å². The fourth-order valence-corrected chi connectivity index (χ4v) is 4.80. The van der Waals surface area contributed by atoms with Gasteiger partial charge in [0.2, 0.25) is 5.91 Å². The zero-order chi connectivity index (χ0) is 21.3. The molecule has 2 aromatic rings. The summed E-state index contributed by atoms with van der Waals surface area (Å²) in [7, 11) is 0. The highest BCUT2D eigenvalue weighted by molar-refractivity contribution is 14.1. The molecule has 4 rings (SSSR count). The number of halogens is 1. The van der Waals surface area contributed by atoms with Gasteiger partial charge in [0.1, 0.15) is 5.69 Å². The summed E-state index contributed by atoms with van der Waals surface area (Å²) in [6, 6.07) is 12.5. The first-order chi connectivity index (χ1) is 14.4. The zero-order valence-electron chi connectivity index (χ0n) is 16.5. The minimum atomic E-state index is -0.455. The second-order valence-corrected chi connectivity index (χ2v) is 8.92. The van der Waals surface area contributed by atoms with E-state index in [0.29, 0.717) is 12.1 Å². The van der Waals surface area contributed by atoms with E-state index in [-0.39, 0.29) is 5.91 Å². The van der Waals surface area contributed by atoms with Gasteiger partial charge in [-0.25, -0.2) is 10.2 Å². The smallest absolute Gasteiger partial charge is 0.343 e. The third kappa shape index (κ3) is 4.04. The minimum absolute atomic E-state index is 0.217. The molecular formula is C21H22IN5O3. The van der Waals surface area contributed by atoms with Gasteiger partial charge < -0.3 is 10.2 Å². The van der Waals surface area contributed by atoms with Crippen molar-refractivity contribution in [1.82, 2.24) is 10.4 Å². The molecule has 0 saturated carbocycles. The fourth-order valence-electron chi connectivity index (χ4n) is 4.03. The van der Waals surface area contributed by atoms with Crippen LogP contribution >= 0.6 is 22.6 Å². The van der Waals surface area contributed by atoms with Crippen LogP contribution in [-0.2, 0) is 4.79 Å². The van der Waals surface area contributed by atoms with E-state index in [1.54, 1.807) is 12.1 Å². The van der Waals surface area contributed by atoms with Gasteiger partial charge in [0.25, 0.3) is 0 Å². The number of urea groups is 1. The van der Waals surface area contributed by atoms with Crippen molar-refractivity contribution in [1.29, 1.82) is 0 Å². The van der Waals surface area contributed by atoms with Crippen LogP contribution in [0, 0.1) is 15.4 Å². The van der Waals surface area contributed by atoms with Crippen LogP contribution < -0.4 is 15.6 Å². The number of aryl methyl sites for hydroxylation is 1. The van der Waals surface area contributed by atoms with Crippen LogP contribution in [0.5, 0.6) is 0 Å². The maximum atomic E-state index is 12.8. The van der Waals surface area contributed by atoms with Crippen LogP contribution in [0.1, 0.15) is 24.8 Å². The first kappa shape index (κ1) is 20.7. The molecule has 0 aliphatic carbocycles. The van der Waals surface area contributed by atoms with E-state index in [0.717, 1.165) is 51.4 Å². The average Bonchev–Trinajstić information content (AvgIpc) is 3.07. The molecule has 156 valence electrons. The molecule has 0 aromatic heterocycles. The molecule has 2 aliphatic rings. The first-order valence-electron chi connectivity index (χ1n) is 9.76. The second-order valence-electron chi connectivity index (χ2n) is 7.75. The van der Waals surface area contributed by atoms with E-state index in [1.807, 2.05) is 37.3 Å². The molecule has 2 aliphatic heterocycles. The van der Waals surface area contributed by atoms with Gasteiger partial charge in [-0.05, 0) is 83.4 Å². The fraction of sp³-hybridized carbons (Fsp3) is 0.333. The summed E-state index contributed by atoms with van der Waals surface area (Å²) < 4.78 is 0.923. The highest BCUT2D eigenvalue weighted by Gasteiger charge is 2.47. The summed E-state index contributed by atoms with van der Waals surface area (Å²) in [6.45, 7) is 3.42. The number of benzene rings is 2. The highest BCUT2D eigenvalue weighted by Crippen LogP contribution is 2.34. The summed E-state index contributed by atoms with van der Waals surface area (Å²) in [5.41, 5.74) is 5.87. The van der Waals surface area contributed by atoms with Crippen LogP contribution in [0.3, 0.4) is 0 Å². The van der Waals surface area contributed by atoms with E-state index in [9.17, 15) is 14.5 Å². The summed E-state index contributed by atoms with van der Waals surface area (Å²) in [5.74, 6) is -0.217. The number of nitroso groups, excluding NO2 is 1. The Bertz CT molecular complexity index is 966. The molecule has 0 unspecified atom stereocenters. The normalized spacial score (nSPS) is 18.0. The zero-order valence-corrected chi connectivity index (χ0v) is 18.7. The molecule has 2 saturated heterocycles. The lowest BCUT2D eigenvalue weighted by Gasteiger charge is -2.40. The van der Waals surface area contributed by atoms with Crippen LogP contribution in [0.2, 0.25) is 0 Å². The molecule has 0 atom stereocenters. The number of carbonyl (C=O) groups is 2. The van der Waals surface area contributed by atoms with Gasteiger partial charge >= 0.3 is 6.03 Å². The van der Waals surface area contributed by atoms with E-state index < -0.39 is 11.6 Å². The molecule has 0 radical (unpaired) electrons. The Morgan fingerprint density at radius 2 is 1.87 bits per heavy atom. The number of anilines is 2. The number of hydrazine groups is 1. The molecule has 2 fully saturated rings. The summed E-state index contributed by atoms with van der Waals surface area (Å²) in [5, 5.41) is 6.93. The van der Waals surface area contributed by atoms with Crippen molar-refractivity contribution < 1.29 is 9.59 Å². The van der Waals surface area contributed by atoms with Gasteiger partial charge in [-0.1, -0.05) is 12.1 Å². The van der Waals surface area contributed by atoms with Crippen LogP contribution in [0.25, 0.3) is 0 Å². The summed E-state index contributed by atoms with van der Waals surface area (Å²) >= 11 is 2.17. The highest BCUT2D eigenvalue weighted by atomic mass is 127. The Balaban J connectivity index is 1.41. The Morgan fingerprint density at radius 3 is 2.50 bits per heavy atom. The Hall–Kier alpha value is -2.53. The van der Waals surface area contributed by atoms with Crippen LogP contribution in [-0.4, -0.2) is 35.6 Å². The predicted molar refractivity (Wildman–Crippen MR) is 124 cm³/mol. The number of nitrogens with zero attached hydrogens (tertiary/aromatic N) is 3. The first-order valence-corrected chi connectivity index (χ1v) is 10.8. The number of nitrogens with one attached hydrogen (secondary N) is 2. The van der Waals surface area contributed by atoms with Gasteiger partial charge in [-0.3, -0.25) is 4.79 Å². The van der Waals surface area contributed by atoms with E-state index in [2.05, 4.69) is 43.4 Å². The molecule has 2 aromatic carbocycles. The second kappa shape index (κ2) is 8.31. The summed E-state index contributed by atoms with van der Waals surface area (Å²) in [4.78, 5) is 38.2. The van der Waals surface area contributed by atoms with E-state index >= 15 is 0 Å². The van der Waals surface area contributed by atoms with Crippen molar-refractivity contribution in [3.63, 3.8) is 0 Å². The molecule has 1 spiro atoms. The molecule has 0 bridgehead atoms. The number of rotatable bonds is 3. The van der Waals surface area contributed by atoms with Crippen molar-refractivity contribution in [3.05, 3.63) is 56.5 Å². The largest absolute Gasteiger partial charge is 0.371 e. The molecule has 3 amide bonds. The van der Waals surface area contributed by atoms with Crippen LogP contribution in [0.15, 0.2) is 47.6 Å². The van der Waals surface area contributed by atoms with Gasteiger partial charge in [0.15, 0.2) is 0 Å². The molecular weight excluding hydrogens is 497 g/mol. The number of hydrogen-bond acceptors (Lipinski definition) is 6. The molecule has 2 N–H and O–H groups in total. The number of piperidine rings is 1. The lowest BCUT2D eigenvalue weighted by Crippen LogP contribution is -2.55. The Kier molecular flexibility index (Phi) is 5.74. The van der Waals surface area contributed by atoms with Crippen LogP contribution in [0.4, 0.5) is 21.9 Å². The maximum absolute atomic E-state index is 12.8. The third-order valence-corrected chi connectivity index (χ3v) is 6.68. The monoisotopic (exact) mass is 519 g/mol. The standard InChI is InChI=1S/C21H22IN5O3/c1-14-3-2-4-17(22)19(14)23-20(29)27-18(28)13-21(25-27)9-11-26(12-10-21)16-7-5-15(24-30)6-8-16/h2-8,25H,9-13H2,1H3,(H,23,29). The van der Waals surface area contributed by atoms with Gasteiger partial charge in [0.05, 0.1) is 11.2 Å². The molecule has 8 nitrogen and oxygen atoms in total. The third-order valence-electron chi connectivity index (χ3n) is 5.79. The Labute approximate surface area is 188 Å². The molecule has 30 heavy (non-hydrogen) atoms. The van der Waals surface area contributed by atoms with Gasteiger partial charge in [0, 0.05) is 28.8 Å². The SMILES string of the molecule is Cc1cccc(I)c1NC(=O)N1NC2(CCN(c3ccc(N=O)cc3)CC2)CC1=O. The predicted octanol–water partition coefficient (Wildman–Crippen LogP) is 4.31. The summed E-state index contributed by atoms with van der Waals surface area (Å²) in [6.07, 6.45) is 1.77. The lowest BCUT2D eigenvalue weighted by atomic mass is 9.86. The number of amides is 3. The number of hydrogen-bond donors (Lipinski definition) is 2. The number of para-hydroxylation sites is 1. The van der Waals surface area contributed by atoms with Crippen molar-refractivity contribution in [2.75, 3.05) is 23.3 Å². The van der Waals surface area contributed by atoms with Crippen molar-refractivity contribution in [2.45, 2.75) is 31.7 Å². The number of imide groups is 1. The van der Waals surface area contributed by atoms with Crippen molar-refractivity contribution in [2.24, 2.45) is 5.18 Å². The average molecular weight is 519 g/mol. The maximum Gasteiger partial charge on any atom is 0.343 e. The molecule has 2 heterocycles. The quantitative estimate of drug-likeness (QED) is 0.466. The number of carbonyl (C=O) groups excluding carboxylic acids is 2.